The van der Waals surface area contributed by atoms with Gasteiger partial charge in [0.1, 0.15) is 17.4 Å². The number of carboxylic acids is 1. The largest absolute Gasteiger partial charge is 0.484 e. The van der Waals surface area contributed by atoms with Crippen LogP contribution in [0.1, 0.15) is 39.2 Å². The quantitative estimate of drug-likeness (QED) is 0.653. The maximum Gasteiger partial charge on any atom is 0.336 e. The van der Waals surface area contributed by atoms with Crippen LogP contribution in [0.3, 0.4) is 0 Å². The minimum Gasteiger partial charge on any atom is -0.484 e. The standard InChI is InChI=1S/C20H25NO6/c1-4-5-6-13-9-18(23)27-16-10-14(7-8-15(13)16)26-11-17(22)21-19(12(2)3)20(24)25/h7-10,12,19H,4-6,11H2,1-3H3,(H,21,22)(H,24,25)/t19-/m1/s1. The number of amides is 1. The number of carbonyl (C=O) groups excluding carboxylic acids is 1. The van der Waals surface area contributed by atoms with E-state index in [-0.39, 0.29) is 12.5 Å². The Hall–Kier alpha value is -2.83. The Labute approximate surface area is 157 Å². The van der Waals surface area contributed by atoms with Gasteiger partial charge in [0, 0.05) is 17.5 Å². The Morgan fingerprint density at radius 1 is 1.26 bits per heavy atom. The zero-order valence-corrected chi connectivity index (χ0v) is 15.8. The lowest BCUT2D eigenvalue weighted by atomic mass is 10.0. The summed E-state index contributed by atoms with van der Waals surface area (Å²) in [4.78, 5) is 34.9. The Balaban J connectivity index is 2.10. The molecule has 2 N–H and O–H groups in total. The highest BCUT2D eigenvalue weighted by Gasteiger charge is 2.23. The fourth-order valence-corrected chi connectivity index (χ4v) is 2.75. The van der Waals surface area contributed by atoms with E-state index < -0.39 is 23.5 Å². The van der Waals surface area contributed by atoms with Crippen LogP contribution in [-0.2, 0) is 16.0 Å². The molecule has 2 rings (SSSR count). The lowest BCUT2D eigenvalue weighted by Crippen LogP contribution is -2.46. The van der Waals surface area contributed by atoms with Gasteiger partial charge in [0.2, 0.25) is 0 Å². The van der Waals surface area contributed by atoms with E-state index in [9.17, 15) is 14.4 Å². The van der Waals surface area contributed by atoms with Gasteiger partial charge in [0.25, 0.3) is 5.91 Å². The first-order valence-electron chi connectivity index (χ1n) is 9.03. The van der Waals surface area contributed by atoms with Crippen molar-refractivity contribution >= 4 is 22.8 Å². The number of rotatable bonds is 9. The molecule has 0 radical (unpaired) electrons. The van der Waals surface area contributed by atoms with Crippen molar-refractivity contribution in [1.82, 2.24) is 5.32 Å². The van der Waals surface area contributed by atoms with Gasteiger partial charge in [0.05, 0.1) is 0 Å². The smallest absolute Gasteiger partial charge is 0.336 e. The topological polar surface area (TPSA) is 106 Å². The monoisotopic (exact) mass is 375 g/mol. The first-order valence-corrected chi connectivity index (χ1v) is 9.03. The molecule has 1 heterocycles. The summed E-state index contributed by atoms with van der Waals surface area (Å²) in [5, 5.41) is 12.4. The van der Waals surface area contributed by atoms with Crippen LogP contribution in [0.15, 0.2) is 33.5 Å². The summed E-state index contributed by atoms with van der Waals surface area (Å²) in [5.41, 5.74) is 0.899. The lowest BCUT2D eigenvalue weighted by molar-refractivity contribution is -0.143. The number of hydrogen-bond acceptors (Lipinski definition) is 5. The maximum absolute atomic E-state index is 12.0. The van der Waals surface area contributed by atoms with E-state index in [4.69, 9.17) is 14.3 Å². The molecule has 0 saturated carbocycles. The van der Waals surface area contributed by atoms with Gasteiger partial charge in [-0.25, -0.2) is 9.59 Å². The van der Waals surface area contributed by atoms with Gasteiger partial charge in [0.15, 0.2) is 6.61 Å². The second-order valence-electron chi connectivity index (χ2n) is 6.77. The van der Waals surface area contributed by atoms with Gasteiger partial charge in [-0.3, -0.25) is 4.79 Å². The van der Waals surface area contributed by atoms with Crippen LogP contribution < -0.4 is 15.7 Å². The van der Waals surface area contributed by atoms with Crippen LogP contribution in [-0.4, -0.2) is 29.6 Å². The molecular weight excluding hydrogens is 350 g/mol. The Morgan fingerprint density at radius 2 is 2.00 bits per heavy atom. The van der Waals surface area contributed by atoms with Crippen LogP contribution in [0.4, 0.5) is 0 Å². The van der Waals surface area contributed by atoms with Crippen LogP contribution in [0.5, 0.6) is 5.75 Å². The second kappa shape index (κ2) is 9.21. The van der Waals surface area contributed by atoms with Crippen molar-refractivity contribution in [1.29, 1.82) is 0 Å². The first kappa shape index (κ1) is 20.5. The predicted molar refractivity (Wildman–Crippen MR) is 101 cm³/mol. The molecule has 0 aliphatic rings. The average Bonchev–Trinajstić information content (AvgIpc) is 2.61. The van der Waals surface area contributed by atoms with E-state index in [0.29, 0.717) is 11.3 Å². The van der Waals surface area contributed by atoms with Crippen LogP contribution in [0.2, 0.25) is 0 Å². The fraction of sp³-hybridized carbons (Fsp3) is 0.450. The number of aliphatic carboxylic acids is 1. The molecule has 1 atom stereocenters. The summed E-state index contributed by atoms with van der Waals surface area (Å²) in [6.07, 6.45) is 2.77. The number of unbranched alkanes of at least 4 members (excludes halogenated alkanes) is 1. The third-order valence-corrected chi connectivity index (χ3v) is 4.22. The average molecular weight is 375 g/mol. The Bertz CT molecular complexity index is 870. The molecule has 0 aliphatic carbocycles. The van der Waals surface area contributed by atoms with Crippen molar-refractivity contribution in [2.24, 2.45) is 5.92 Å². The van der Waals surface area contributed by atoms with E-state index >= 15 is 0 Å². The zero-order valence-electron chi connectivity index (χ0n) is 15.8. The van der Waals surface area contributed by atoms with Gasteiger partial charge in [-0.05, 0) is 36.5 Å². The molecule has 1 aromatic heterocycles. The number of hydrogen-bond donors (Lipinski definition) is 2. The van der Waals surface area contributed by atoms with E-state index in [2.05, 4.69) is 12.2 Å². The number of benzene rings is 1. The van der Waals surface area contributed by atoms with E-state index in [1.54, 1.807) is 32.0 Å². The summed E-state index contributed by atoms with van der Waals surface area (Å²) in [6.45, 7) is 5.17. The number of carboxylic acid groups (broad SMARTS) is 1. The second-order valence-corrected chi connectivity index (χ2v) is 6.77. The van der Waals surface area contributed by atoms with Gasteiger partial charge in [-0.2, -0.15) is 0 Å². The van der Waals surface area contributed by atoms with Crippen molar-refractivity contribution in [3.05, 3.63) is 40.2 Å². The van der Waals surface area contributed by atoms with E-state index in [0.717, 1.165) is 30.2 Å². The van der Waals surface area contributed by atoms with Crippen molar-refractivity contribution in [3.63, 3.8) is 0 Å². The van der Waals surface area contributed by atoms with Crippen molar-refractivity contribution < 1.29 is 23.8 Å². The highest BCUT2D eigenvalue weighted by molar-refractivity contribution is 5.85. The van der Waals surface area contributed by atoms with Crippen LogP contribution >= 0.6 is 0 Å². The molecule has 0 saturated heterocycles. The van der Waals surface area contributed by atoms with Gasteiger partial charge in [-0.1, -0.05) is 27.2 Å². The molecule has 146 valence electrons. The van der Waals surface area contributed by atoms with Crippen molar-refractivity contribution in [3.8, 4) is 5.75 Å². The molecule has 1 amide bonds. The van der Waals surface area contributed by atoms with Gasteiger partial charge < -0.3 is 19.6 Å². The molecule has 0 bridgehead atoms. The normalized spacial score (nSPS) is 12.1. The molecule has 1 aromatic carbocycles. The third-order valence-electron chi connectivity index (χ3n) is 4.22. The molecule has 0 fully saturated rings. The first-order chi connectivity index (χ1) is 12.8. The molecule has 7 nitrogen and oxygen atoms in total. The zero-order chi connectivity index (χ0) is 20.0. The molecule has 0 unspecified atom stereocenters. The molecule has 2 aromatic rings. The number of nitrogens with one attached hydrogen (secondary N) is 1. The van der Waals surface area contributed by atoms with Crippen molar-refractivity contribution in [2.45, 2.75) is 46.1 Å². The summed E-state index contributed by atoms with van der Waals surface area (Å²) in [6, 6.07) is 5.59. The lowest BCUT2D eigenvalue weighted by Gasteiger charge is -2.18. The number of ether oxygens (including phenoxy) is 1. The van der Waals surface area contributed by atoms with Crippen LogP contribution in [0.25, 0.3) is 11.0 Å². The molecule has 0 aliphatic heterocycles. The summed E-state index contributed by atoms with van der Waals surface area (Å²) >= 11 is 0. The number of fused-ring (bicyclic) bond motifs is 1. The fourth-order valence-electron chi connectivity index (χ4n) is 2.75. The minimum absolute atomic E-state index is 0.247. The molecule has 7 heteroatoms. The minimum atomic E-state index is -1.09. The van der Waals surface area contributed by atoms with Crippen LogP contribution in [0, 0.1) is 5.92 Å². The highest BCUT2D eigenvalue weighted by Crippen LogP contribution is 2.23. The SMILES string of the molecule is CCCCc1cc(=O)oc2cc(OCC(=O)N[C@@H](C(=O)O)C(C)C)ccc12. The summed E-state index contributed by atoms with van der Waals surface area (Å²) in [7, 11) is 0. The maximum atomic E-state index is 12.0. The van der Waals surface area contributed by atoms with E-state index in [1.807, 2.05) is 0 Å². The number of carbonyl (C=O) groups is 2. The summed E-state index contributed by atoms with van der Waals surface area (Å²) in [5.74, 6) is -1.51. The summed E-state index contributed by atoms with van der Waals surface area (Å²) < 4.78 is 10.7. The Kier molecular flexibility index (Phi) is 6.98. The molecule has 27 heavy (non-hydrogen) atoms. The van der Waals surface area contributed by atoms with E-state index in [1.165, 1.54) is 6.07 Å². The Morgan fingerprint density at radius 3 is 2.63 bits per heavy atom. The molecule has 0 spiro atoms. The highest BCUT2D eigenvalue weighted by atomic mass is 16.5. The molecular formula is C20H25NO6. The number of aryl methyl sites for hydroxylation is 1. The van der Waals surface area contributed by atoms with Gasteiger partial charge >= 0.3 is 11.6 Å². The van der Waals surface area contributed by atoms with Gasteiger partial charge in [-0.15, -0.1) is 0 Å². The predicted octanol–water partition coefficient (Wildman–Crippen LogP) is 2.74. The third kappa shape index (κ3) is 5.57. The van der Waals surface area contributed by atoms with Crippen molar-refractivity contribution in [2.75, 3.05) is 6.61 Å².